The molecule has 0 radical (unpaired) electrons. The van der Waals surface area contributed by atoms with Crippen LogP contribution in [-0.2, 0) is 19.6 Å². The summed E-state index contributed by atoms with van der Waals surface area (Å²) in [6, 6.07) is 12.1. The van der Waals surface area contributed by atoms with E-state index in [1.54, 1.807) is 48.5 Å². The molecule has 1 aliphatic rings. The molecule has 2 aromatic carbocycles. The fraction of sp³-hybridized carbons (Fsp3) is 0.385. The second kappa shape index (κ2) is 12.0. The summed E-state index contributed by atoms with van der Waals surface area (Å²) in [7, 11) is -3.63. The van der Waals surface area contributed by atoms with Crippen molar-refractivity contribution in [1.29, 1.82) is 0 Å². The Kier molecular flexibility index (Phi) is 9.06. The maximum absolute atomic E-state index is 13.2. The molecule has 188 valence electrons. The van der Waals surface area contributed by atoms with Crippen LogP contribution in [0.1, 0.15) is 45.6 Å². The maximum Gasteiger partial charge on any atom is 0.248 e. The van der Waals surface area contributed by atoms with Gasteiger partial charge in [-0.1, -0.05) is 18.6 Å². The van der Waals surface area contributed by atoms with Gasteiger partial charge in [-0.05, 0) is 68.7 Å². The Morgan fingerprint density at radius 3 is 2.23 bits per heavy atom. The number of hydrogen-bond donors (Lipinski definition) is 2. The smallest absolute Gasteiger partial charge is 0.248 e. The molecular formula is C26H34N4O4S. The summed E-state index contributed by atoms with van der Waals surface area (Å²) in [5.74, 6) is -0.516. The zero-order valence-corrected chi connectivity index (χ0v) is 21.4. The molecule has 35 heavy (non-hydrogen) atoms. The monoisotopic (exact) mass is 498 g/mol. The maximum atomic E-state index is 13.2. The van der Waals surface area contributed by atoms with E-state index in [0.717, 1.165) is 30.5 Å². The van der Waals surface area contributed by atoms with Gasteiger partial charge in [0.25, 0.3) is 0 Å². The van der Waals surface area contributed by atoms with Gasteiger partial charge in [-0.25, -0.2) is 8.42 Å². The van der Waals surface area contributed by atoms with E-state index in [1.165, 1.54) is 17.3 Å². The van der Waals surface area contributed by atoms with Gasteiger partial charge in [0, 0.05) is 44.9 Å². The van der Waals surface area contributed by atoms with Crippen molar-refractivity contribution >= 4 is 45.0 Å². The standard InChI is InChI=1S/C26H34N4O4S/c1-4-29(5-2)25-15-14-23(35(33,34)30-17-7-6-8-18-30)19-24(25)28-26(32)16-11-21-9-12-22(13-10-21)27-20(3)31/h9-16,19H,4-8,17-18H2,1-3H3,(H,27,31)(H,28,32)/b16-11+. The average molecular weight is 499 g/mol. The van der Waals surface area contributed by atoms with Gasteiger partial charge in [0.15, 0.2) is 0 Å². The van der Waals surface area contributed by atoms with Crippen molar-refractivity contribution in [2.24, 2.45) is 0 Å². The molecule has 2 amide bonds. The highest BCUT2D eigenvalue weighted by atomic mass is 32.2. The van der Waals surface area contributed by atoms with E-state index in [1.807, 2.05) is 13.8 Å². The van der Waals surface area contributed by atoms with Gasteiger partial charge < -0.3 is 15.5 Å². The summed E-state index contributed by atoms with van der Waals surface area (Å²) in [4.78, 5) is 26.2. The minimum Gasteiger partial charge on any atom is -0.370 e. The van der Waals surface area contributed by atoms with Gasteiger partial charge in [-0.3, -0.25) is 9.59 Å². The van der Waals surface area contributed by atoms with Gasteiger partial charge in [0.05, 0.1) is 16.3 Å². The van der Waals surface area contributed by atoms with Gasteiger partial charge in [0.1, 0.15) is 0 Å². The number of sulfonamides is 1. The molecule has 0 aliphatic carbocycles. The lowest BCUT2D eigenvalue weighted by molar-refractivity contribution is -0.114. The van der Waals surface area contributed by atoms with Crippen LogP contribution in [0.25, 0.3) is 6.08 Å². The number of piperidine rings is 1. The van der Waals surface area contributed by atoms with Crippen LogP contribution in [0.15, 0.2) is 53.4 Å². The molecule has 0 unspecified atom stereocenters. The fourth-order valence-corrected chi connectivity index (χ4v) is 5.64. The van der Waals surface area contributed by atoms with Crippen LogP contribution < -0.4 is 15.5 Å². The molecule has 9 heteroatoms. The molecular weight excluding hydrogens is 464 g/mol. The first-order valence-corrected chi connectivity index (χ1v) is 13.4. The van der Waals surface area contributed by atoms with Crippen molar-refractivity contribution in [3.05, 3.63) is 54.1 Å². The van der Waals surface area contributed by atoms with E-state index in [9.17, 15) is 18.0 Å². The number of anilines is 3. The van der Waals surface area contributed by atoms with E-state index in [2.05, 4.69) is 15.5 Å². The molecule has 2 aromatic rings. The molecule has 0 atom stereocenters. The minimum atomic E-state index is -3.63. The molecule has 0 spiro atoms. The van der Waals surface area contributed by atoms with E-state index >= 15 is 0 Å². The van der Waals surface area contributed by atoms with Crippen molar-refractivity contribution in [3.8, 4) is 0 Å². The average Bonchev–Trinajstić information content (AvgIpc) is 2.85. The summed E-state index contributed by atoms with van der Waals surface area (Å²) < 4.78 is 27.9. The van der Waals surface area contributed by atoms with Crippen LogP contribution in [-0.4, -0.2) is 50.7 Å². The van der Waals surface area contributed by atoms with Crippen molar-refractivity contribution in [2.75, 3.05) is 41.7 Å². The predicted octanol–water partition coefficient (Wildman–Crippen LogP) is 4.32. The van der Waals surface area contributed by atoms with Crippen LogP contribution in [0.4, 0.5) is 17.1 Å². The Balaban J connectivity index is 1.83. The van der Waals surface area contributed by atoms with E-state index in [-0.39, 0.29) is 16.7 Å². The lowest BCUT2D eigenvalue weighted by atomic mass is 10.2. The van der Waals surface area contributed by atoms with Gasteiger partial charge in [-0.2, -0.15) is 4.31 Å². The molecule has 0 bridgehead atoms. The summed E-state index contributed by atoms with van der Waals surface area (Å²) >= 11 is 0. The third kappa shape index (κ3) is 6.93. The van der Waals surface area contributed by atoms with Gasteiger partial charge in [0.2, 0.25) is 21.8 Å². The Hall–Kier alpha value is -3.17. The number of carbonyl (C=O) groups excluding carboxylic acids is 2. The zero-order valence-electron chi connectivity index (χ0n) is 20.6. The quantitative estimate of drug-likeness (QED) is 0.502. The van der Waals surface area contributed by atoms with E-state index in [4.69, 9.17) is 0 Å². The lowest BCUT2D eigenvalue weighted by Gasteiger charge is -2.28. The number of carbonyl (C=O) groups is 2. The summed E-state index contributed by atoms with van der Waals surface area (Å²) in [5, 5.41) is 5.57. The number of nitrogens with zero attached hydrogens (tertiary/aromatic N) is 2. The molecule has 8 nitrogen and oxygen atoms in total. The Bertz CT molecular complexity index is 1170. The molecule has 1 saturated heterocycles. The van der Waals surface area contributed by atoms with Crippen LogP contribution >= 0.6 is 0 Å². The molecule has 1 fully saturated rings. The third-order valence-electron chi connectivity index (χ3n) is 5.94. The van der Waals surface area contributed by atoms with Crippen molar-refractivity contribution in [1.82, 2.24) is 4.31 Å². The molecule has 1 aliphatic heterocycles. The molecule has 1 heterocycles. The normalized spacial score (nSPS) is 14.6. The predicted molar refractivity (Wildman–Crippen MR) is 141 cm³/mol. The highest BCUT2D eigenvalue weighted by Crippen LogP contribution is 2.31. The van der Waals surface area contributed by atoms with Crippen molar-refractivity contribution in [2.45, 2.75) is 44.9 Å². The molecule has 2 N–H and O–H groups in total. The highest BCUT2D eigenvalue weighted by Gasteiger charge is 2.27. The Labute approximate surface area is 208 Å². The highest BCUT2D eigenvalue weighted by molar-refractivity contribution is 7.89. The summed E-state index contributed by atoms with van der Waals surface area (Å²) in [6.07, 6.45) is 5.83. The third-order valence-corrected chi connectivity index (χ3v) is 7.84. The largest absolute Gasteiger partial charge is 0.370 e. The van der Waals surface area contributed by atoms with Crippen LogP contribution in [0.3, 0.4) is 0 Å². The number of benzene rings is 2. The van der Waals surface area contributed by atoms with E-state index < -0.39 is 10.0 Å². The topological polar surface area (TPSA) is 98.8 Å². The first kappa shape index (κ1) is 26.4. The van der Waals surface area contributed by atoms with Crippen molar-refractivity contribution < 1.29 is 18.0 Å². The second-order valence-corrected chi connectivity index (χ2v) is 10.4. The van der Waals surface area contributed by atoms with Crippen molar-refractivity contribution in [3.63, 3.8) is 0 Å². The number of rotatable bonds is 9. The van der Waals surface area contributed by atoms with Crippen LogP contribution in [0.2, 0.25) is 0 Å². The number of nitrogens with one attached hydrogen (secondary N) is 2. The Morgan fingerprint density at radius 2 is 1.63 bits per heavy atom. The lowest BCUT2D eigenvalue weighted by Crippen LogP contribution is -2.35. The Morgan fingerprint density at radius 1 is 0.971 bits per heavy atom. The summed E-state index contributed by atoms with van der Waals surface area (Å²) in [5.41, 5.74) is 2.70. The minimum absolute atomic E-state index is 0.152. The molecule has 0 aromatic heterocycles. The molecule has 0 saturated carbocycles. The second-order valence-electron chi connectivity index (χ2n) is 8.44. The summed E-state index contributed by atoms with van der Waals surface area (Å²) in [6.45, 7) is 7.94. The van der Waals surface area contributed by atoms with Gasteiger partial charge >= 0.3 is 0 Å². The number of hydrogen-bond acceptors (Lipinski definition) is 5. The number of amides is 2. The fourth-order valence-electron chi connectivity index (χ4n) is 4.10. The van der Waals surface area contributed by atoms with Crippen LogP contribution in [0.5, 0.6) is 0 Å². The first-order valence-electron chi connectivity index (χ1n) is 12.0. The van der Waals surface area contributed by atoms with E-state index in [0.29, 0.717) is 37.6 Å². The first-order chi connectivity index (χ1) is 16.7. The SMILES string of the molecule is CCN(CC)c1ccc(S(=O)(=O)N2CCCCC2)cc1NC(=O)/C=C/c1ccc(NC(C)=O)cc1. The zero-order chi connectivity index (χ0) is 25.4. The van der Waals surface area contributed by atoms with Crippen LogP contribution in [0, 0.1) is 0 Å². The van der Waals surface area contributed by atoms with Gasteiger partial charge in [-0.15, -0.1) is 0 Å². The molecule has 3 rings (SSSR count).